The van der Waals surface area contributed by atoms with Crippen LogP contribution < -0.4 is 10.1 Å². The maximum Gasteiger partial charge on any atom is 0.138 e. The largest absolute Gasteiger partial charge is 0.489 e. The molecule has 0 saturated carbocycles. The van der Waals surface area contributed by atoms with Crippen LogP contribution in [-0.2, 0) is 6.54 Å². The van der Waals surface area contributed by atoms with Gasteiger partial charge in [-0.3, -0.25) is 0 Å². The number of nitrogens with zero attached hydrogens (tertiary/aromatic N) is 2. The maximum absolute atomic E-state index is 9.98. The van der Waals surface area contributed by atoms with Crippen LogP contribution in [0.3, 0.4) is 0 Å². The average Bonchev–Trinajstić information content (AvgIpc) is 3.01. The third-order valence-corrected chi connectivity index (χ3v) is 4.02. The van der Waals surface area contributed by atoms with E-state index in [0.717, 1.165) is 24.1 Å². The number of aromatic nitrogens is 2. The van der Waals surface area contributed by atoms with Gasteiger partial charge in [-0.25, -0.2) is 4.98 Å². The van der Waals surface area contributed by atoms with E-state index in [1.54, 1.807) is 12.1 Å². The number of fused-ring (bicyclic) bond motifs is 1. The van der Waals surface area contributed by atoms with Crippen molar-refractivity contribution in [2.75, 3.05) is 19.7 Å². The minimum absolute atomic E-state index is 0.199. The highest BCUT2D eigenvalue weighted by Crippen LogP contribution is 2.23. The zero-order valence-electron chi connectivity index (χ0n) is 13.2. The standard InChI is InChI=1S/C18H20ClN3O2/c19-15-5-1-4-8-18(15)24-12-14(23)11-20-9-10-22-13-21-16-6-2-3-7-17(16)22/h1-8,13-14,20,23H,9-12H2. The fourth-order valence-electron chi connectivity index (χ4n) is 2.46. The molecular formula is C18H20ClN3O2. The summed E-state index contributed by atoms with van der Waals surface area (Å²) in [6.07, 6.45) is 1.24. The van der Waals surface area contributed by atoms with Crippen molar-refractivity contribution in [2.24, 2.45) is 0 Å². The maximum atomic E-state index is 9.98. The first kappa shape index (κ1) is 16.8. The highest BCUT2D eigenvalue weighted by atomic mass is 35.5. The van der Waals surface area contributed by atoms with Crippen LogP contribution >= 0.6 is 11.6 Å². The van der Waals surface area contributed by atoms with E-state index in [-0.39, 0.29) is 6.61 Å². The number of aliphatic hydroxyl groups excluding tert-OH is 1. The van der Waals surface area contributed by atoms with E-state index in [1.807, 2.05) is 36.7 Å². The molecule has 0 fully saturated rings. The summed E-state index contributed by atoms with van der Waals surface area (Å²) in [5.41, 5.74) is 2.10. The van der Waals surface area contributed by atoms with E-state index in [4.69, 9.17) is 16.3 Å². The molecule has 0 aliphatic carbocycles. The van der Waals surface area contributed by atoms with Gasteiger partial charge in [-0.1, -0.05) is 35.9 Å². The Kier molecular flexibility index (Phi) is 5.69. The normalized spacial score (nSPS) is 12.4. The van der Waals surface area contributed by atoms with Crippen LogP contribution in [0.25, 0.3) is 11.0 Å². The summed E-state index contributed by atoms with van der Waals surface area (Å²) < 4.78 is 7.61. The van der Waals surface area contributed by atoms with Crippen LogP contribution in [0.1, 0.15) is 0 Å². The van der Waals surface area contributed by atoms with Crippen molar-refractivity contribution in [3.05, 3.63) is 59.9 Å². The number of benzene rings is 2. The molecule has 0 radical (unpaired) electrons. The Morgan fingerprint density at radius 2 is 1.96 bits per heavy atom. The Morgan fingerprint density at radius 1 is 1.17 bits per heavy atom. The van der Waals surface area contributed by atoms with Gasteiger partial charge in [-0.2, -0.15) is 0 Å². The monoisotopic (exact) mass is 345 g/mol. The lowest BCUT2D eigenvalue weighted by molar-refractivity contribution is 0.106. The molecule has 0 saturated heterocycles. The Hall–Kier alpha value is -2.08. The molecule has 0 amide bonds. The van der Waals surface area contributed by atoms with Gasteiger partial charge in [0.05, 0.1) is 22.4 Å². The lowest BCUT2D eigenvalue weighted by Gasteiger charge is -2.14. The molecule has 1 heterocycles. The number of aliphatic hydroxyl groups is 1. The first-order chi connectivity index (χ1) is 11.7. The van der Waals surface area contributed by atoms with Crippen molar-refractivity contribution >= 4 is 22.6 Å². The Morgan fingerprint density at radius 3 is 2.83 bits per heavy atom. The number of hydrogen-bond donors (Lipinski definition) is 2. The van der Waals surface area contributed by atoms with Gasteiger partial charge in [0.25, 0.3) is 0 Å². The molecule has 1 unspecified atom stereocenters. The molecule has 0 bridgehead atoms. The molecule has 0 spiro atoms. The summed E-state index contributed by atoms with van der Waals surface area (Å²) in [6, 6.07) is 15.3. The third kappa shape index (κ3) is 4.26. The second-order valence-electron chi connectivity index (χ2n) is 5.53. The van der Waals surface area contributed by atoms with Gasteiger partial charge in [0.2, 0.25) is 0 Å². The van der Waals surface area contributed by atoms with Crippen molar-refractivity contribution in [3.8, 4) is 5.75 Å². The van der Waals surface area contributed by atoms with E-state index in [1.165, 1.54) is 0 Å². The minimum Gasteiger partial charge on any atom is -0.489 e. The molecule has 6 heteroatoms. The van der Waals surface area contributed by atoms with Gasteiger partial charge in [0.1, 0.15) is 18.5 Å². The molecule has 1 atom stereocenters. The highest BCUT2D eigenvalue weighted by molar-refractivity contribution is 6.32. The zero-order valence-corrected chi connectivity index (χ0v) is 14.0. The van der Waals surface area contributed by atoms with Crippen LogP contribution in [0.5, 0.6) is 5.75 Å². The van der Waals surface area contributed by atoms with Gasteiger partial charge in [0, 0.05) is 19.6 Å². The molecule has 2 N–H and O–H groups in total. The summed E-state index contributed by atoms with van der Waals surface area (Å²) in [6.45, 7) is 2.18. The molecule has 0 aliphatic rings. The fourth-order valence-corrected chi connectivity index (χ4v) is 2.65. The van der Waals surface area contributed by atoms with E-state index >= 15 is 0 Å². The van der Waals surface area contributed by atoms with Crippen LogP contribution in [0, 0.1) is 0 Å². The van der Waals surface area contributed by atoms with Gasteiger partial charge in [-0.05, 0) is 24.3 Å². The van der Waals surface area contributed by atoms with E-state index < -0.39 is 6.10 Å². The minimum atomic E-state index is -0.596. The van der Waals surface area contributed by atoms with Crippen molar-refractivity contribution < 1.29 is 9.84 Å². The molecule has 0 aliphatic heterocycles. The Bertz CT molecular complexity index is 791. The average molecular weight is 346 g/mol. The quantitative estimate of drug-likeness (QED) is 0.616. The van der Waals surface area contributed by atoms with Gasteiger partial charge < -0.3 is 19.7 Å². The van der Waals surface area contributed by atoms with Crippen LogP contribution in [-0.4, -0.2) is 40.5 Å². The van der Waals surface area contributed by atoms with Crippen molar-refractivity contribution in [3.63, 3.8) is 0 Å². The summed E-state index contributed by atoms with van der Waals surface area (Å²) in [5.74, 6) is 0.586. The van der Waals surface area contributed by atoms with Crippen molar-refractivity contribution in [1.29, 1.82) is 0 Å². The van der Waals surface area contributed by atoms with Crippen molar-refractivity contribution in [1.82, 2.24) is 14.9 Å². The molecule has 24 heavy (non-hydrogen) atoms. The molecule has 5 nitrogen and oxygen atoms in total. The number of imidazole rings is 1. The molecular weight excluding hydrogens is 326 g/mol. The zero-order chi connectivity index (χ0) is 16.8. The second-order valence-corrected chi connectivity index (χ2v) is 5.93. The number of ether oxygens (including phenoxy) is 1. The molecule has 2 aromatic carbocycles. The van der Waals surface area contributed by atoms with E-state index in [9.17, 15) is 5.11 Å². The van der Waals surface area contributed by atoms with Crippen LogP contribution in [0.4, 0.5) is 0 Å². The lowest BCUT2D eigenvalue weighted by atomic mass is 10.3. The third-order valence-electron chi connectivity index (χ3n) is 3.70. The number of para-hydroxylation sites is 3. The summed E-state index contributed by atoms with van der Waals surface area (Å²) >= 11 is 6.01. The molecule has 3 aromatic rings. The molecule has 3 rings (SSSR count). The first-order valence-electron chi connectivity index (χ1n) is 7.90. The molecule has 126 valence electrons. The number of nitrogens with one attached hydrogen (secondary N) is 1. The van der Waals surface area contributed by atoms with Gasteiger partial charge in [0.15, 0.2) is 0 Å². The van der Waals surface area contributed by atoms with Crippen LogP contribution in [0.2, 0.25) is 5.02 Å². The predicted octanol–water partition coefficient (Wildman–Crippen LogP) is 2.72. The van der Waals surface area contributed by atoms with Gasteiger partial charge >= 0.3 is 0 Å². The van der Waals surface area contributed by atoms with Crippen LogP contribution in [0.15, 0.2) is 54.9 Å². The van der Waals surface area contributed by atoms with E-state index in [0.29, 0.717) is 17.3 Å². The topological polar surface area (TPSA) is 59.3 Å². The smallest absolute Gasteiger partial charge is 0.138 e. The van der Waals surface area contributed by atoms with E-state index in [2.05, 4.69) is 20.9 Å². The Labute approximate surface area is 145 Å². The summed E-state index contributed by atoms with van der Waals surface area (Å²) in [4.78, 5) is 4.36. The fraction of sp³-hybridized carbons (Fsp3) is 0.278. The van der Waals surface area contributed by atoms with Crippen molar-refractivity contribution in [2.45, 2.75) is 12.6 Å². The summed E-state index contributed by atoms with van der Waals surface area (Å²) in [7, 11) is 0. The first-order valence-corrected chi connectivity index (χ1v) is 8.28. The Balaban J connectivity index is 1.39. The van der Waals surface area contributed by atoms with Gasteiger partial charge in [-0.15, -0.1) is 0 Å². The highest BCUT2D eigenvalue weighted by Gasteiger charge is 2.07. The number of rotatable bonds is 8. The number of halogens is 1. The summed E-state index contributed by atoms with van der Waals surface area (Å²) in [5, 5.41) is 13.8. The SMILES string of the molecule is OC(CNCCn1cnc2ccccc21)COc1ccccc1Cl. The number of hydrogen-bond acceptors (Lipinski definition) is 4. The predicted molar refractivity (Wildman–Crippen MR) is 95.6 cm³/mol. The lowest BCUT2D eigenvalue weighted by Crippen LogP contribution is -2.33. The molecule has 1 aromatic heterocycles. The second kappa shape index (κ2) is 8.15.